The van der Waals surface area contributed by atoms with Crippen LogP contribution in [-0.4, -0.2) is 50.2 Å². The third-order valence-corrected chi connectivity index (χ3v) is 6.23. The van der Waals surface area contributed by atoms with Crippen molar-refractivity contribution < 1.29 is 22.6 Å². The number of phenolic OH excluding ortho intramolecular Hbond substituents is 1. The number of hydrogen-bond donors (Lipinski definition) is 2. The van der Waals surface area contributed by atoms with Crippen LogP contribution in [0.2, 0.25) is 0 Å². The largest absolute Gasteiger partial charge is 0.506 e. The normalized spacial score (nSPS) is 11.8. The molecule has 0 aliphatic carbocycles. The number of quaternary nitrogens is 1. The number of hydrogen-bond acceptors (Lipinski definition) is 3. The van der Waals surface area contributed by atoms with Gasteiger partial charge in [0.05, 0.1) is 27.7 Å². The van der Waals surface area contributed by atoms with Gasteiger partial charge in [0.2, 0.25) is 0 Å². The molecule has 0 aliphatic rings. The summed E-state index contributed by atoms with van der Waals surface area (Å²) < 4.78 is 30.5. The number of para-hydroxylation sites is 1. The Morgan fingerprint density at radius 1 is 0.710 bits per heavy atom. The third-order valence-electron chi connectivity index (χ3n) is 5.33. The molecular weight excluding hydrogens is 410 g/mol. The van der Waals surface area contributed by atoms with Gasteiger partial charge in [-0.15, -0.1) is 0 Å². The van der Waals surface area contributed by atoms with E-state index in [1.54, 1.807) is 0 Å². The van der Waals surface area contributed by atoms with E-state index in [1.165, 1.54) is 115 Å². The van der Waals surface area contributed by atoms with Crippen LogP contribution in [0.5, 0.6) is 5.75 Å². The Hall–Kier alpha value is -1.11. The lowest BCUT2D eigenvalue weighted by molar-refractivity contribution is -0.870. The molecule has 0 radical (unpaired) electrons. The van der Waals surface area contributed by atoms with E-state index in [2.05, 4.69) is 28.1 Å². The first-order valence-electron chi connectivity index (χ1n) is 12.1. The Kier molecular flexibility index (Phi) is 16.8. The fourth-order valence-corrected chi connectivity index (χ4v) is 4.04. The summed E-state index contributed by atoms with van der Waals surface area (Å²) in [5, 5.41) is 8.91. The highest BCUT2D eigenvalue weighted by molar-refractivity contribution is 7.86. The van der Waals surface area contributed by atoms with Gasteiger partial charge in [-0.25, -0.2) is 0 Å². The van der Waals surface area contributed by atoms with Gasteiger partial charge < -0.3 is 9.59 Å². The Labute approximate surface area is 192 Å². The molecule has 1 aromatic rings. The molecule has 6 heteroatoms. The molecule has 0 heterocycles. The van der Waals surface area contributed by atoms with Crippen LogP contribution < -0.4 is 0 Å². The molecule has 0 bridgehead atoms. The Balaban J connectivity index is 0.000000683. The van der Waals surface area contributed by atoms with Crippen molar-refractivity contribution in [3.8, 4) is 5.75 Å². The first kappa shape index (κ1) is 29.9. The van der Waals surface area contributed by atoms with Crippen molar-refractivity contribution in [1.29, 1.82) is 0 Å². The van der Waals surface area contributed by atoms with E-state index in [-0.39, 0.29) is 0 Å². The zero-order valence-corrected chi connectivity index (χ0v) is 21.3. The molecule has 0 saturated heterocycles. The molecule has 0 aromatic heterocycles. The van der Waals surface area contributed by atoms with Gasteiger partial charge in [0, 0.05) is 0 Å². The lowest BCUT2D eigenvalue weighted by Crippen LogP contribution is -2.35. The number of rotatable bonds is 16. The van der Waals surface area contributed by atoms with Crippen LogP contribution in [0, 0.1) is 0 Å². The second-order valence-electron chi connectivity index (χ2n) is 9.55. The molecule has 2 N–H and O–H groups in total. The van der Waals surface area contributed by atoms with Crippen molar-refractivity contribution >= 4 is 10.1 Å². The highest BCUT2D eigenvalue weighted by Gasteiger charge is 2.13. The number of nitrogens with zero attached hydrogens (tertiary/aromatic N) is 1. The second-order valence-corrected chi connectivity index (χ2v) is 10.9. The maximum absolute atomic E-state index is 10.4. The molecule has 0 saturated carbocycles. The number of phenols is 1. The van der Waals surface area contributed by atoms with Gasteiger partial charge in [-0.1, -0.05) is 96.1 Å². The van der Waals surface area contributed by atoms with Crippen LogP contribution in [0.4, 0.5) is 0 Å². The first-order chi connectivity index (χ1) is 14.6. The first-order valence-corrected chi connectivity index (χ1v) is 13.6. The maximum Gasteiger partial charge on any atom is 0.298 e. The van der Waals surface area contributed by atoms with E-state index < -0.39 is 20.8 Å². The fraction of sp³-hybridized carbons (Fsp3) is 0.760. The van der Waals surface area contributed by atoms with E-state index in [1.807, 2.05) is 0 Å². The lowest BCUT2D eigenvalue weighted by atomic mass is 10.0. The van der Waals surface area contributed by atoms with Crippen molar-refractivity contribution in [1.82, 2.24) is 0 Å². The quantitative estimate of drug-likeness (QED) is 0.162. The monoisotopic (exact) mass is 458 g/mol. The molecule has 5 nitrogen and oxygen atoms in total. The van der Waals surface area contributed by atoms with Crippen molar-refractivity contribution in [3.05, 3.63) is 24.3 Å². The van der Waals surface area contributed by atoms with Crippen molar-refractivity contribution in [2.45, 2.75) is 102 Å². The molecule has 1 aromatic carbocycles. The van der Waals surface area contributed by atoms with E-state index in [0.29, 0.717) is 0 Å². The topological polar surface area (TPSA) is 74.6 Å². The highest BCUT2D eigenvalue weighted by Crippen LogP contribution is 2.20. The van der Waals surface area contributed by atoms with Gasteiger partial charge in [-0.05, 0) is 25.0 Å². The van der Waals surface area contributed by atoms with Crippen LogP contribution >= 0.6 is 0 Å². The molecule has 0 unspecified atom stereocenters. The summed E-state index contributed by atoms with van der Waals surface area (Å²) in [7, 11) is 2.60. The van der Waals surface area contributed by atoms with Crippen molar-refractivity contribution in [3.63, 3.8) is 0 Å². The molecule has 31 heavy (non-hydrogen) atoms. The molecule has 0 atom stereocenters. The van der Waals surface area contributed by atoms with Crippen molar-refractivity contribution in [2.75, 3.05) is 27.7 Å². The Morgan fingerprint density at radius 3 is 1.42 bits per heavy atom. The zero-order valence-electron chi connectivity index (χ0n) is 20.5. The van der Waals surface area contributed by atoms with Gasteiger partial charge in [0.25, 0.3) is 10.1 Å². The molecule has 1 rings (SSSR count). The zero-order chi connectivity index (χ0) is 23.6. The summed E-state index contributed by atoms with van der Waals surface area (Å²) in [5.41, 5.74) is 0. The summed E-state index contributed by atoms with van der Waals surface area (Å²) in [5.74, 6) is -0.449. The summed E-state index contributed by atoms with van der Waals surface area (Å²) >= 11 is 0. The third kappa shape index (κ3) is 19.3. The highest BCUT2D eigenvalue weighted by atomic mass is 32.2. The summed E-state index contributed by atoms with van der Waals surface area (Å²) in [6, 6.07) is 5.17. The summed E-state index contributed by atoms with van der Waals surface area (Å²) in [6.07, 6.45) is 20.4. The molecule has 0 amide bonds. The van der Waals surface area contributed by atoms with E-state index >= 15 is 0 Å². The van der Waals surface area contributed by atoms with E-state index in [0.717, 1.165) is 10.5 Å². The van der Waals surface area contributed by atoms with Gasteiger partial charge in [0.15, 0.2) is 0 Å². The molecule has 0 spiro atoms. The smallest absolute Gasteiger partial charge is 0.298 e. The Morgan fingerprint density at radius 2 is 1.10 bits per heavy atom. The molecular formula is C25H48NO4S+. The van der Waals surface area contributed by atoms with Crippen LogP contribution in [0.25, 0.3) is 0 Å². The summed E-state index contributed by atoms with van der Waals surface area (Å²) in [4.78, 5) is -0.472. The number of unbranched alkanes of at least 4 members (excludes halogenated alkanes) is 13. The molecule has 182 valence electrons. The average Bonchev–Trinajstić information content (AvgIpc) is 2.67. The molecule has 0 fully saturated rings. The SMILES string of the molecule is CCCCCCCCCCCCCCCC[N+](C)(C)C.O=S(=O)(O)c1ccccc1O. The second kappa shape index (κ2) is 17.4. The van der Waals surface area contributed by atoms with E-state index in [9.17, 15) is 8.42 Å². The number of benzene rings is 1. The predicted molar refractivity (Wildman–Crippen MR) is 131 cm³/mol. The van der Waals surface area contributed by atoms with Crippen LogP contribution in [0.1, 0.15) is 96.8 Å². The minimum Gasteiger partial charge on any atom is -0.506 e. The predicted octanol–water partition coefficient (Wildman–Crippen LogP) is 6.81. The van der Waals surface area contributed by atoms with Gasteiger partial charge in [0.1, 0.15) is 10.6 Å². The van der Waals surface area contributed by atoms with Crippen LogP contribution in [-0.2, 0) is 10.1 Å². The van der Waals surface area contributed by atoms with E-state index in [4.69, 9.17) is 9.66 Å². The summed E-state index contributed by atoms with van der Waals surface area (Å²) in [6.45, 7) is 3.63. The standard InChI is InChI=1S/C19H42N.C6H6O4S/c1-5-6-7-8-9-10-11-12-13-14-15-16-17-18-19-20(2,3)4;7-5-3-1-2-4-6(5)11(8,9)10/h5-19H2,1-4H3;1-4,7H,(H,8,9,10)/q+1;. The van der Waals surface area contributed by atoms with Gasteiger partial charge in [-0.2, -0.15) is 8.42 Å². The minimum atomic E-state index is -4.28. The van der Waals surface area contributed by atoms with Gasteiger partial charge >= 0.3 is 0 Å². The van der Waals surface area contributed by atoms with Crippen LogP contribution in [0.15, 0.2) is 29.2 Å². The number of aromatic hydroxyl groups is 1. The van der Waals surface area contributed by atoms with Gasteiger partial charge in [-0.3, -0.25) is 4.55 Å². The average molecular weight is 459 g/mol. The Bertz CT molecular complexity index is 654. The maximum atomic E-state index is 10.4. The molecule has 0 aliphatic heterocycles. The fourth-order valence-electron chi connectivity index (χ4n) is 3.46. The van der Waals surface area contributed by atoms with Crippen molar-refractivity contribution in [2.24, 2.45) is 0 Å². The lowest BCUT2D eigenvalue weighted by Gasteiger charge is -2.23. The minimum absolute atomic E-state index is 0.449. The van der Waals surface area contributed by atoms with Crippen LogP contribution in [0.3, 0.4) is 0 Å².